The monoisotopic (exact) mass is 546 g/mol. The molecule has 11 heteroatoms. The highest BCUT2D eigenvalue weighted by atomic mass is 19.4. The van der Waals surface area contributed by atoms with Crippen LogP contribution in [-0.4, -0.2) is 73.1 Å². The van der Waals surface area contributed by atoms with E-state index in [1.165, 1.54) is 0 Å². The molecule has 1 saturated heterocycles. The van der Waals surface area contributed by atoms with E-state index < -0.39 is 17.2 Å². The molecule has 1 fully saturated rings. The second-order valence-corrected chi connectivity index (χ2v) is 10.6. The van der Waals surface area contributed by atoms with E-state index in [1.807, 2.05) is 25.1 Å². The predicted molar refractivity (Wildman–Crippen MR) is 137 cm³/mol. The summed E-state index contributed by atoms with van der Waals surface area (Å²) in [5.41, 5.74) is 1.15. The van der Waals surface area contributed by atoms with Crippen molar-refractivity contribution < 1.29 is 32.2 Å². The zero-order valence-electron chi connectivity index (χ0n) is 22.4. The van der Waals surface area contributed by atoms with E-state index in [9.17, 15) is 22.8 Å². The standard InChI is InChI=1S/C28H33F3N4O4/c1-4-38-17-27(26(37)34-9-7-22-20(14-34)11-21(13-32-22)28(29,30)31)8-10-35(16-27)18(2)19-5-6-24-23(12-19)33(3)25(36)15-39-24/h5-6,11-13,18H,4,7-10,14-17H2,1-3H3. The minimum absolute atomic E-state index is 0.0150. The summed E-state index contributed by atoms with van der Waals surface area (Å²) in [7, 11) is 1.73. The molecule has 0 bridgehead atoms. The van der Waals surface area contributed by atoms with Crippen LogP contribution in [0.4, 0.5) is 18.9 Å². The van der Waals surface area contributed by atoms with Gasteiger partial charge in [-0.2, -0.15) is 13.2 Å². The molecule has 2 unspecified atom stereocenters. The van der Waals surface area contributed by atoms with E-state index >= 15 is 0 Å². The fourth-order valence-corrected chi connectivity index (χ4v) is 5.74. The van der Waals surface area contributed by atoms with Crippen LogP contribution in [-0.2, 0) is 33.5 Å². The van der Waals surface area contributed by atoms with Crippen molar-refractivity contribution in [3.63, 3.8) is 0 Å². The van der Waals surface area contributed by atoms with Gasteiger partial charge in [0.15, 0.2) is 6.61 Å². The van der Waals surface area contributed by atoms with Crippen molar-refractivity contribution in [3.8, 4) is 5.75 Å². The highest BCUT2D eigenvalue weighted by Crippen LogP contribution is 2.41. The van der Waals surface area contributed by atoms with Crippen molar-refractivity contribution in [3.05, 3.63) is 52.8 Å². The maximum atomic E-state index is 14.0. The van der Waals surface area contributed by atoms with Crippen molar-refractivity contribution in [2.75, 3.05) is 51.4 Å². The van der Waals surface area contributed by atoms with Gasteiger partial charge in [-0.25, -0.2) is 0 Å². The first kappa shape index (κ1) is 27.4. The molecular formula is C28H33F3N4O4. The van der Waals surface area contributed by atoms with Gasteiger partial charge < -0.3 is 19.3 Å². The first-order valence-corrected chi connectivity index (χ1v) is 13.2. The summed E-state index contributed by atoms with van der Waals surface area (Å²) in [4.78, 5) is 35.6. The number of likely N-dealkylation sites (tertiary alicyclic amines) is 1. The number of likely N-dealkylation sites (N-methyl/N-ethyl adjacent to an activating group) is 1. The fourth-order valence-electron chi connectivity index (χ4n) is 5.74. The van der Waals surface area contributed by atoms with E-state index in [0.29, 0.717) is 61.8 Å². The number of rotatable bonds is 6. The van der Waals surface area contributed by atoms with Gasteiger partial charge in [0.1, 0.15) is 5.75 Å². The number of anilines is 1. The number of hydrogen-bond acceptors (Lipinski definition) is 6. The Hall–Kier alpha value is -3.18. The van der Waals surface area contributed by atoms with Gasteiger partial charge in [-0.1, -0.05) is 6.07 Å². The Morgan fingerprint density at radius 3 is 2.79 bits per heavy atom. The number of hydrogen-bond donors (Lipinski definition) is 0. The molecule has 3 aliphatic rings. The van der Waals surface area contributed by atoms with Crippen molar-refractivity contribution in [2.45, 2.75) is 45.5 Å². The molecular weight excluding hydrogens is 513 g/mol. The fraction of sp³-hybridized carbons (Fsp3) is 0.536. The second kappa shape index (κ2) is 10.4. The third-order valence-corrected chi connectivity index (χ3v) is 8.17. The SMILES string of the molecule is CCOCC1(C(=O)N2CCc3ncc(C(F)(F)F)cc3C2)CCN(C(C)c2ccc3c(c2)N(C)C(=O)CO3)C1. The quantitative estimate of drug-likeness (QED) is 0.549. The zero-order chi connectivity index (χ0) is 27.9. The maximum absolute atomic E-state index is 14.0. The zero-order valence-corrected chi connectivity index (χ0v) is 22.4. The average molecular weight is 547 g/mol. The third kappa shape index (κ3) is 5.21. The first-order valence-electron chi connectivity index (χ1n) is 13.2. The van der Waals surface area contributed by atoms with Crippen LogP contribution in [0.1, 0.15) is 48.7 Å². The number of aromatic nitrogens is 1. The first-order chi connectivity index (χ1) is 18.5. The van der Waals surface area contributed by atoms with Crippen LogP contribution in [0.5, 0.6) is 5.75 Å². The minimum Gasteiger partial charge on any atom is -0.482 e. The third-order valence-electron chi connectivity index (χ3n) is 8.17. The van der Waals surface area contributed by atoms with Gasteiger partial charge in [0.25, 0.3) is 5.91 Å². The number of fused-ring (bicyclic) bond motifs is 2. The number of pyridine rings is 1. The summed E-state index contributed by atoms with van der Waals surface area (Å²) in [5, 5.41) is 0. The highest BCUT2D eigenvalue weighted by molar-refractivity contribution is 5.97. The molecule has 2 atom stereocenters. The number of amides is 2. The Kier molecular flexibility index (Phi) is 7.32. The van der Waals surface area contributed by atoms with E-state index in [2.05, 4.69) is 16.8 Å². The summed E-state index contributed by atoms with van der Waals surface area (Å²) >= 11 is 0. The second-order valence-electron chi connectivity index (χ2n) is 10.6. The number of halogens is 3. The Morgan fingerprint density at radius 2 is 2.05 bits per heavy atom. The van der Waals surface area contributed by atoms with Gasteiger partial charge in [-0.15, -0.1) is 0 Å². The van der Waals surface area contributed by atoms with Gasteiger partial charge in [-0.3, -0.25) is 19.5 Å². The van der Waals surface area contributed by atoms with Gasteiger partial charge in [0, 0.05) is 57.6 Å². The summed E-state index contributed by atoms with van der Waals surface area (Å²) in [5.74, 6) is 0.442. The topological polar surface area (TPSA) is 75.2 Å². The molecule has 1 aromatic carbocycles. The largest absolute Gasteiger partial charge is 0.482 e. The number of alkyl halides is 3. The average Bonchev–Trinajstić information content (AvgIpc) is 3.37. The Bertz CT molecular complexity index is 1270. The van der Waals surface area contributed by atoms with Gasteiger partial charge >= 0.3 is 6.18 Å². The van der Waals surface area contributed by atoms with E-state index in [0.717, 1.165) is 17.8 Å². The van der Waals surface area contributed by atoms with Crippen LogP contribution in [0, 0.1) is 5.41 Å². The van der Waals surface area contributed by atoms with Crippen molar-refractivity contribution >= 4 is 17.5 Å². The lowest BCUT2D eigenvalue weighted by atomic mass is 9.85. The lowest BCUT2D eigenvalue weighted by molar-refractivity contribution is -0.146. The van der Waals surface area contributed by atoms with Crippen molar-refractivity contribution in [1.29, 1.82) is 0 Å². The van der Waals surface area contributed by atoms with Crippen LogP contribution in [0.3, 0.4) is 0 Å². The molecule has 210 valence electrons. The van der Waals surface area contributed by atoms with E-state index in [4.69, 9.17) is 9.47 Å². The van der Waals surface area contributed by atoms with E-state index in [1.54, 1.807) is 16.8 Å². The lowest BCUT2D eigenvalue weighted by Crippen LogP contribution is -2.50. The summed E-state index contributed by atoms with van der Waals surface area (Å²) in [6, 6.07) is 6.87. The van der Waals surface area contributed by atoms with Crippen LogP contribution in [0.25, 0.3) is 0 Å². The summed E-state index contributed by atoms with van der Waals surface area (Å²) in [6.45, 7) is 6.27. The Labute approximate surface area is 225 Å². The molecule has 0 aliphatic carbocycles. The Balaban J connectivity index is 1.35. The molecule has 3 aliphatic heterocycles. The normalized spacial score (nSPS) is 22.4. The van der Waals surface area contributed by atoms with Crippen LogP contribution in [0.2, 0.25) is 0 Å². The van der Waals surface area contributed by atoms with Crippen LogP contribution < -0.4 is 9.64 Å². The molecule has 8 nitrogen and oxygen atoms in total. The highest BCUT2D eigenvalue weighted by Gasteiger charge is 2.48. The van der Waals surface area contributed by atoms with E-state index in [-0.39, 0.29) is 37.6 Å². The summed E-state index contributed by atoms with van der Waals surface area (Å²) < 4.78 is 51.2. The molecule has 0 saturated carbocycles. The van der Waals surface area contributed by atoms with Crippen molar-refractivity contribution in [2.24, 2.45) is 5.41 Å². The molecule has 0 radical (unpaired) electrons. The molecule has 2 aromatic rings. The number of nitrogens with zero attached hydrogens (tertiary/aromatic N) is 4. The molecule has 0 N–H and O–H groups in total. The molecule has 2 amide bonds. The maximum Gasteiger partial charge on any atom is 0.417 e. The smallest absolute Gasteiger partial charge is 0.417 e. The molecule has 39 heavy (non-hydrogen) atoms. The van der Waals surface area contributed by atoms with Crippen LogP contribution >= 0.6 is 0 Å². The molecule has 5 rings (SSSR count). The lowest BCUT2D eigenvalue weighted by Gasteiger charge is -2.37. The van der Waals surface area contributed by atoms with Gasteiger partial charge in [-0.05, 0) is 56.1 Å². The van der Waals surface area contributed by atoms with Crippen molar-refractivity contribution in [1.82, 2.24) is 14.8 Å². The molecule has 4 heterocycles. The number of benzene rings is 1. The summed E-state index contributed by atoms with van der Waals surface area (Å²) in [6.07, 6.45) is -2.64. The Morgan fingerprint density at radius 1 is 1.26 bits per heavy atom. The number of ether oxygens (including phenoxy) is 2. The molecule has 1 aromatic heterocycles. The minimum atomic E-state index is -4.49. The molecule has 0 spiro atoms. The van der Waals surface area contributed by atoms with Gasteiger partial charge in [0.2, 0.25) is 5.91 Å². The van der Waals surface area contributed by atoms with Gasteiger partial charge in [0.05, 0.1) is 23.3 Å². The van der Waals surface area contributed by atoms with Crippen LogP contribution in [0.15, 0.2) is 30.5 Å². The number of carbonyl (C=O) groups is 2. The number of carbonyl (C=O) groups excluding carboxylic acids is 2. The predicted octanol–water partition coefficient (Wildman–Crippen LogP) is 3.83.